The van der Waals surface area contributed by atoms with Crippen LogP contribution in [0.5, 0.6) is 17.4 Å². The van der Waals surface area contributed by atoms with Gasteiger partial charge in [-0.05, 0) is 31.5 Å². The van der Waals surface area contributed by atoms with Crippen LogP contribution in [0.4, 0.5) is 0 Å². The second kappa shape index (κ2) is 8.01. The Balaban J connectivity index is 2.15. The number of benzene rings is 1. The molecule has 0 saturated carbocycles. The number of fused-ring (bicyclic) bond motifs is 1. The van der Waals surface area contributed by atoms with Gasteiger partial charge in [0.1, 0.15) is 11.6 Å². The second-order valence-corrected chi connectivity index (χ2v) is 5.85. The van der Waals surface area contributed by atoms with Gasteiger partial charge in [0.15, 0.2) is 11.5 Å². The van der Waals surface area contributed by atoms with E-state index in [0.717, 1.165) is 16.8 Å². The Bertz CT molecular complexity index is 898. The predicted octanol–water partition coefficient (Wildman–Crippen LogP) is 2.57. The van der Waals surface area contributed by atoms with Crippen molar-refractivity contribution < 1.29 is 18.9 Å². The fourth-order valence-electron chi connectivity index (χ4n) is 3.14. The maximum atomic E-state index is 9.70. The number of nitrogens with two attached hydrogens (primary N) is 1. The molecule has 2 heterocycles. The molecule has 0 bridgehead atoms. The summed E-state index contributed by atoms with van der Waals surface area (Å²) in [5, 5.41) is 16.8. The molecule has 0 radical (unpaired) electrons. The lowest BCUT2D eigenvalue weighted by Gasteiger charge is -2.24. The van der Waals surface area contributed by atoms with E-state index in [0.29, 0.717) is 42.8 Å². The largest absolute Gasteiger partial charge is 0.490 e. The summed E-state index contributed by atoms with van der Waals surface area (Å²) >= 11 is 0. The van der Waals surface area contributed by atoms with E-state index in [9.17, 15) is 5.26 Å². The van der Waals surface area contributed by atoms with Crippen molar-refractivity contribution in [3.05, 3.63) is 46.5 Å². The highest BCUT2D eigenvalue weighted by Gasteiger charge is 2.35. The maximum absolute atomic E-state index is 9.70. The highest BCUT2D eigenvalue weighted by molar-refractivity contribution is 5.57. The van der Waals surface area contributed by atoms with Gasteiger partial charge < -0.3 is 24.7 Å². The minimum Gasteiger partial charge on any atom is -0.490 e. The summed E-state index contributed by atoms with van der Waals surface area (Å²) in [5.74, 6) is 1.19. The van der Waals surface area contributed by atoms with Crippen molar-refractivity contribution in [1.29, 1.82) is 5.26 Å². The first kappa shape index (κ1) is 18.6. The van der Waals surface area contributed by atoms with Gasteiger partial charge in [-0.3, -0.25) is 5.10 Å². The molecule has 1 aromatic carbocycles. The topological polar surface area (TPSA) is 115 Å². The van der Waals surface area contributed by atoms with Gasteiger partial charge in [-0.2, -0.15) is 5.26 Å². The Morgan fingerprint density at radius 3 is 2.67 bits per heavy atom. The van der Waals surface area contributed by atoms with Crippen LogP contribution in [-0.2, 0) is 11.3 Å². The lowest BCUT2D eigenvalue weighted by atomic mass is 9.84. The number of methoxy groups -OCH3 is 1. The maximum Gasteiger partial charge on any atom is 0.244 e. The highest BCUT2D eigenvalue weighted by atomic mass is 16.5. The average Bonchev–Trinajstić information content (AvgIpc) is 3.05. The normalized spacial score (nSPS) is 15.7. The minimum atomic E-state index is -0.447. The number of ether oxygens (including phenoxy) is 4. The van der Waals surface area contributed by atoms with Crippen LogP contribution >= 0.6 is 0 Å². The van der Waals surface area contributed by atoms with Crippen molar-refractivity contribution >= 4 is 0 Å². The number of hydrogen-bond donors (Lipinski definition) is 2. The number of nitrogens with zero attached hydrogens (tertiary/aromatic N) is 2. The molecule has 3 rings (SSSR count). The first-order valence-corrected chi connectivity index (χ1v) is 8.67. The number of hydrogen-bond acceptors (Lipinski definition) is 7. The summed E-state index contributed by atoms with van der Waals surface area (Å²) in [7, 11) is 1.59. The average molecular weight is 370 g/mol. The zero-order valence-corrected chi connectivity index (χ0v) is 15.5. The third kappa shape index (κ3) is 3.41. The molecule has 0 aliphatic carbocycles. The summed E-state index contributed by atoms with van der Waals surface area (Å²) < 4.78 is 22.1. The van der Waals surface area contributed by atoms with E-state index in [-0.39, 0.29) is 5.88 Å². The highest BCUT2D eigenvalue weighted by Crippen LogP contribution is 2.44. The van der Waals surface area contributed by atoms with Gasteiger partial charge in [0.25, 0.3) is 0 Å². The zero-order valence-electron chi connectivity index (χ0n) is 15.5. The smallest absolute Gasteiger partial charge is 0.244 e. The quantitative estimate of drug-likeness (QED) is 0.769. The zero-order chi connectivity index (χ0) is 19.4. The molecule has 1 aliphatic rings. The molecule has 8 nitrogen and oxygen atoms in total. The standard InChI is InChI=1S/C19H22N4O4/c1-4-25-14-7-6-11(8-15(14)26-5-2)16-12(9-20)18(21)27-19-17(16)13(10-24-3)22-23-19/h6-8,16H,4-5,10,21H2,1-3H3,(H,22,23)/t16-/m0/s1. The number of nitrogens with one attached hydrogen (secondary N) is 1. The number of aromatic nitrogens is 2. The van der Waals surface area contributed by atoms with Crippen molar-refractivity contribution in [2.75, 3.05) is 20.3 Å². The van der Waals surface area contributed by atoms with Crippen LogP contribution < -0.4 is 19.9 Å². The molecular weight excluding hydrogens is 348 g/mol. The summed E-state index contributed by atoms with van der Waals surface area (Å²) in [6, 6.07) is 7.76. The van der Waals surface area contributed by atoms with Crippen molar-refractivity contribution in [1.82, 2.24) is 10.2 Å². The SMILES string of the molecule is CCOc1ccc([C@H]2C(C#N)=C(N)Oc3n[nH]c(COC)c32)cc1OCC. The monoisotopic (exact) mass is 370 g/mol. The molecule has 3 N–H and O–H groups in total. The van der Waals surface area contributed by atoms with E-state index in [1.165, 1.54) is 0 Å². The van der Waals surface area contributed by atoms with E-state index >= 15 is 0 Å². The van der Waals surface area contributed by atoms with Crippen molar-refractivity contribution in [2.24, 2.45) is 5.73 Å². The molecule has 1 aromatic heterocycles. The van der Waals surface area contributed by atoms with E-state index in [2.05, 4.69) is 16.3 Å². The van der Waals surface area contributed by atoms with Gasteiger partial charge in [-0.25, -0.2) is 0 Å². The number of nitriles is 1. The van der Waals surface area contributed by atoms with Crippen LogP contribution in [0.1, 0.15) is 36.6 Å². The molecule has 27 heavy (non-hydrogen) atoms. The van der Waals surface area contributed by atoms with E-state index in [4.69, 9.17) is 24.7 Å². The Morgan fingerprint density at radius 2 is 2.00 bits per heavy atom. The van der Waals surface area contributed by atoms with Crippen LogP contribution in [0.2, 0.25) is 0 Å². The number of aromatic amines is 1. The Kier molecular flexibility index (Phi) is 5.52. The minimum absolute atomic E-state index is 0.0392. The number of allylic oxidation sites excluding steroid dienone is 1. The summed E-state index contributed by atoms with van der Waals surface area (Å²) in [6.07, 6.45) is 0. The van der Waals surface area contributed by atoms with Crippen LogP contribution in [-0.4, -0.2) is 30.5 Å². The fourth-order valence-corrected chi connectivity index (χ4v) is 3.14. The van der Waals surface area contributed by atoms with Gasteiger partial charge in [-0.1, -0.05) is 6.07 Å². The molecule has 0 saturated heterocycles. The van der Waals surface area contributed by atoms with Crippen molar-refractivity contribution in [3.8, 4) is 23.4 Å². The van der Waals surface area contributed by atoms with Crippen LogP contribution in [0.25, 0.3) is 0 Å². The molecule has 1 aliphatic heterocycles. The number of H-pyrrole nitrogens is 1. The second-order valence-electron chi connectivity index (χ2n) is 5.85. The molecule has 0 spiro atoms. The molecular formula is C19H22N4O4. The van der Waals surface area contributed by atoms with Crippen molar-refractivity contribution in [2.45, 2.75) is 26.4 Å². The van der Waals surface area contributed by atoms with E-state index < -0.39 is 5.92 Å². The third-order valence-electron chi connectivity index (χ3n) is 4.21. The Morgan fingerprint density at radius 1 is 1.26 bits per heavy atom. The molecule has 0 unspecified atom stereocenters. The molecule has 8 heteroatoms. The predicted molar refractivity (Wildman–Crippen MR) is 97.4 cm³/mol. The molecule has 2 aromatic rings. The summed E-state index contributed by atoms with van der Waals surface area (Å²) in [5.41, 5.74) is 8.58. The fraction of sp³-hybridized carbons (Fsp3) is 0.368. The molecule has 0 fully saturated rings. The van der Waals surface area contributed by atoms with Crippen LogP contribution in [0.15, 0.2) is 29.7 Å². The van der Waals surface area contributed by atoms with Crippen LogP contribution in [0, 0.1) is 11.3 Å². The lowest BCUT2D eigenvalue weighted by Crippen LogP contribution is -2.21. The summed E-state index contributed by atoms with van der Waals surface area (Å²) in [6.45, 7) is 5.13. The van der Waals surface area contributed by atoms with E-state index in [1.54, 1.807) is 7.11 Å². The van der Waals surface area contributed by atoms with Gasteiger partial charge in [-0.15, -0.1) is 5.10 Å². The van der Waals surface area contributed by atoms with Gasteiger partial charge in [0, 0.05) is 7.11 Å². The van der Waals surface area contributed by atoms with Gasteiger partial charge in [0.05, 0.1) is 37.0 Å². The third-order valence-corrected chi connectivity index (χ3v) is 4.21. The van der Waals surface area contributed by atoms with Gasteiger partial charge in [0.2, 0.25) is 11.8 Å². The van der Waals surface area contributed by atoms with Crippen molar-refractivity contribution in [3.63, 3.8) is 0 Å². The Labute approximate surface area is 157 Å². The summed E-state index contributed by atoms with van der Waals surface area (Å²) in [4.78, 5) is 0. The molecule has 0 amide bonds. The van der Waals surface area contributed by atoms with Gasteiger partial charge >= 0.3 is 0 Å². The van der Waals surface area contributed by atoms with E-state index in [1.807, 2.05) is 32.0 Å². The molecule has 142 valence electrons. The Hall–Kier alpha value is -3.18. The molecule has 1 atom stereocenters. The number of rotatable bonds is 7. The first-order chi connectivity index (χ1) is 13.1. The van der Waals surface area contributed by atoms with Crippen LogP contribution in [0.3, 0.4) is 0 Å². The lowest BCUT2D eigenvalue weighted by molar-refractivity contribution is 0.180. The first-order valence-electron chi connectivity index (χ1n) is 8.67.